The molecule has 0 unspecified atom stereocenters. The van der Waals surface area contributed by atoms with Crippen LogP contribution in [0, 0.1) is 11.8 Å². The Hall–Kier alpha value is -0.900. The van der Waals surface area contributed by atoms with Crippen LogP contribution in [0.15, 0.2) is 0 Å². The Morgan fingerprint density at radius 1 is 0.880 bits per heavy atom. The summed E-state index contributed by atoms with van der Waals surface area (Å²) < 4.78 is 33.6. The van der Waals surface area contributed by atoms with Gasteiger partial charge in [0.1, 0.15) is 0 Å². The Bertz CT molecular complexity index is 375. The monoisotopic (exact) mass is 370 g/mol. The molecule has 0 radical (unpaired) electrons. The zero-order valence-corrected chi connectivity index (χ0v) is 14.3. The first-order valence-electron chi connectivity index (χ1n) is 8.81. The number of halogens is 3. The highest BCUT2D eigenvalue weighted by molar-refractivity contribution is 5.75. The first-order valence-corrected chi connectivity index (χ1v) is 8.81. The van der Waals surface area contributed by atoms with Crippen molar-refractivity contribution >= 4 is 5.97 Å². The molecule has 0 aromatic rings. The molecular weight excluding hydrogens is 341 g/mol. The van der Waals surface area contributed by atoms with Gasteiger partial charge in [0.25, 0.3) is 0 Å². The van der Waals surface area contributed by atoms with Gasteiger partial charge in [-0.05, 0) is 63.7 Å². The fraction of sp³-hybridized carbons (Fsp3) is 0.938. The molecular formula is C16H29F3N2O4. The van der Waals surface area contributed by atoms with Gasteiger partial charge in [0, 0.05) is 0 Å². The SMILES string of the molecule is C(CC1CCNCC1)CC1CCNCC1.O=C(O)C(O)(O)C(F)(F)F. The van der Waals surface area contributed by atoms with Crippen molar-refractivity contribution in [3.63, 3.8) is 0 Å². The van der Waals surface area contributed by atoms with Crippen LogP contribution in [-0.2, 0) is 4.79 Å². The maximum Gasteiger partial charge on any atom is 0.455 e. The lowest BCUT2D eigenvalue weighted by Crippen LogP contribution is -2.51. The lowest BCUT2D eigenvalue weighted by Gasteiger charge is -2.25. The minimum atomic E-state index is -5.57. The topological polar surface area (TPSA) is 102 Å². The van der Waals surface area contributed by atoms with Crippen LogP contribution in [-0.4, -0.2) is 59.4 Å². The van der Waals surface area contributed by atoms with Crippen LogP contribution in [0.3, 0.4) is 0 Å². The van der Waals surface area contributed by atoms with Crippen LogP contribution in [0.1, 0.15) is 44.9 Å². The molecule has 0 spiro atoms. The van der Waals surface area contributed by atoms with Gasteiger partial charge in [-0.3, -0.25) is 0 Å². The van der Waals surface area contributed by atoms with Crippen LogP contribution in [0.25, 0.3) is 0 Å². The van der Waals surface area contributed by atoms with Gasteiger partial charge in [0.05, 0.1) is 0 Å². The smallest absolute Gasteiger partial charge is 0.455 e. The third-order valence-corrected chi connectivity index (χ3v) is 4.84. The second kappa shape index (κ2) is 10.3. The molecule has 9 heteroatoms. The average molecular weight is 370 g/mol. The number of carboxylic acid groups (broad SMARTS) is 1. The molecule has 0 saturated carbocycles. The third kappa shape index (κ3) is 7.89. The maximum atomic E-state index is 11.2. The van der Waals surface area contributed by atoms with E-state index in [1.807, 2.05) is 0 Å². The van der Waals surface area contributed by atoms with Gasteiger partial charge in [0.15, 0.2) is 0 Å². The molecule has 0 aromatic carbocycles. The molecule has 5 N–H and O–H groups in total. The summed E-state index contributed by atoms with van der Waals surface area (Å²) in [5.74, 6) is -5.33. The number of hydrogen-bond acceptors (Lipinski definition) is 5. The van der Waals surface area contributed by atoms with Crippen molar-refractivity contribution in [2.75, 3.05) is 26.2 Å². The van der Waals surface area contributed by atoms with E-state index < -0.39 is 17.9 Å². The van der Waals surface area contributed by atoms with Crippen molar-refractivity contribution in [1.29, 1.82) is 0 Å². The zero-order valence-electron chi connectivity index (χ0n) is 14.3. The number of hydrogen-bond donors (Lipinski definition) is 5. The van der Waals surface area contributed by atoms with E-state index in [-0.39, 0.29) is 0 Å². The summed E-state index contributed by atoms with van der Waals surface area (Å²) in [5.41, 5.74) is 0. The Balaban J connectivity index is 0.000000275. The summed E-state index contributed by atoms with van der Waals surface area (Å²) in [5, 5.41) is 30.0. The molecule has 2 fully saturated rings. The second-order valence-electron chi connectivity index (χ2n) is 6.79. The number of nitrogens with one attached hydrogen (secondary N) is 2. The molecule has 0 aromatic heterocycles. The third-order valence-electron chi connectivity index (χ3n) is 4.84. The Morgan fingerprint density at radius 3 is 1.48 bits per heavy atom. The maximum absolute atomic E-state index is 11.2. The van der Waals surface area contributed by atoms with E-state index in [1.54, 1.807) is 0 Å². The Kier molecular flexibility index (Phi) is 9.12. The number of carbonyl (C=O) groups is 1. The van der Waals surface area contributed by atoms with E-state index >= 15 is 0 Å². The summed E-state index contributed by atoms with van der Waals surface area (Å²) in [6.07, 6.45) is 4.59. The highest BCUT2D eigenvalue weighted by atomic mass is 19.4. The van der Waals surface area contributed by atoms with Crippen molar-refractivity contribution in [3.05, 3.63) is 0 Å². The molecule has 2 aliphatic heterocycles. The Morgan fingerprint density at radius 2 is 1.24 bits per heavy atom. The summed E-state index contributed by atoms with van der Waals surface area (Å²) in [7, 11) is 0. The van der Waals surface area contributed by atoms with E-state index in [9.17, 15) is 18.0 Å². The molecule has 2 heterocycles. The molecule has 0 bridgehead atoms. The number of piperidine rings is 2. The number of alkyl halides is 3. The second-order valence-corrected chi connectivity index (χ2v) is 6.79. The van der Waals surface area contributed by atoms with Crippen molar-refractivity contribution in [2.24, 2.45) is 11.8 Å². The number of carboxylic acids is 1. The van der Waals surface area contributed by atoms with Gasteiger partial charge in [-0.15, -0.1) is 0 Å². The van der Waals surface area contributed by atoms with Gasteiger partial charge in [-0.1, -0.05) is 19.3 Å². The van der Waals surface area contributed by atoms with Gasteiger partial charge in [-0.2, -0.15) is 13.2 Å². The molecule has 2 aliphatic rings. The average Bonchev–Trinajstić information content (AvgIpc) is 2.56. The molecule has 0 amide bonds. The lowest BCUT2D eigenvalue weighted by atomic mass is 9.87. The first kappa shape index (κ1) is 22.1. The number of aliphatic hydroxyl groups is 2. The predicted molar refractivity (Wildman–Crippen MR) is 85.9 cm³/mol. The first-order chi connectivity index (χ1) is 11.6. The summed E-state index contributed by atoms with van der Waals surface area (Å²) in [6.45, 7) is 5.05. The predicted octanol–water partition coefficient (Wildman–Crippen LogP) is 1.47. The number of rotatable bonds is 5. The van der Waals surface area contributed by atoms with Gasteiger partial charge >= 0.3 is 17.9 Å². The quantitative estimate of drug-likeness (QED) is 0.470. The summed E-state index contributed by atoms with van der Waals surface area (Å²) >= 11 is 0. The molecule has 2 rings (SSSR count). The molecule has 6 nitrogen and oxygen atoms in total. The van der Waals surface area contributed by atoms with Crippen molar-refractivity contribution in [1.82, 2.24) is 10.6 Å². The molecule has 0 atom stereocenters. The van der Waals surface area contributed by atoms with Crippen LogP contribution in [0.4, 0.5) is 13.2 Å². The van der Waals surface area contributed by atoms with E-state index in [4.69, 9.17) is 15.3 Å². The summed E-state index contributed by atoms with van der Waals surface area (Å²) in [4.78, 5) is 9.45. The standard InChI is InChI=1S/C13H26N2.C3H3F3O4/c1(2-12-4-8-14-9-5-12)3-13-6-10-15-11-7-13;4-3(5,6)2(9,10)1(7)8/h12-15H,1-11H2;9-10H,(H,7,8). The zero-order chi connectivity index (χ0) is 18.9. The van der Waals surface area contributed by atoms with Gasteiger partial charge in [0.2, 0.25) is 0 Å². The van der Waals surface area contributed by atoms with Gasteiger partial charge < -0.3 is 26.0 Å². The molecule has 2 saturated heterocycles. The minimum Gasteiger partial charge on any atom is -0.477 e. The molecule has 148 valence electrons. The van der Waals surface area contributed by atoms with Crippen LogP contribution in [0.5, 0.6) is 0 Å². The van der Waals surface area contributed by atoms with Crippen LogP contribution < -0.4 is 10.6 Å². The van der Waals surface area contributed by atoms with Crippen molar-refractivity contribution in [3.8, 4) is 0 Å². The van der Waals surface area contributed by atoms with Crippen LogP contribution in [0.2, 0.25) is 0 Å². The normalized spacial score (nSPS) is 20.7. The van der Waals surface area contributed by atoms with E-state index in [1.165, 1.54) is 71.1 Å². The fourth-order valence-electron chi connectivity index (χ4n) is 3.16. The Labute approximate surface area is 145 Å². The van der Waals surface area contributed by atoms with Crippen LogP contribution >= 0.6 is 0 Å². The molecule has 0 aliphatic carbocycles. The summed E-state index contributed by atoms with van der Waals surface area (Å²) in [6, 6.07) is 0. The lowest BCUT2D eigenvalue weighted by molar-refractivity contribution is -0.335. The highest BCUT2D eigenvalue weighted by Gasteiger charge is 2.59. The fourth-order valence-corrected chi connectivity index (χ4v) is 3.16. The van der Waals surface area contributed by atoms with E-state index in [2.05, 4.69) is 10.6 Å². The van der Waals surface area contributed by atoms with Crippen molar-refractivity contribution in [2.45, 2.75) is 56.9 Å². The minimum absolute atomic E-state index is 1.04. The highest BCUT2D eigenvalue weighted by Crippen LogP contribution is 2.27. The van der Waals surface area contributed by atoms with Crippen molar-refractivity contribution < 1.29 is 33.3 Å². The largest absolute Gasteiger partial charge is 0.477 e. The van der Waals surface area contributed by atoms with E-state index in [0.717, 1.165) is 11.8 Å². The van der Waals surface area contributed by atoms with E-state index in [0.29, 0.717) is 0 Å². The molecule has 25 heavy (non-hydrogen) atoms. The number of aliphatic carboxylic acids is 1. The van der Waals surface area contributed by atoms with Gasteiger partial charge in [-0.25, -0.2) is 4.79 Å².